The molecule has 2 aromatic rings. The van der Waals surface area contributed by atoms with Crippen LogP contribution in [0.3, 0.4) is 0 Å². The minimum Gasteiger partial charge on any atom is -0.338 e. The van der Waals surface area contributed by atoms with Crippen LogP contribution >= 0.6 is 0 Å². The van der Waals surface area contributed by atoms with Crippen LogP contribution in [-0.2, 0) is 4.79 Å². The standard InChI is InChI=1S/C23H28N4O3/c1-14(2)13-27-22(30)25-21(29)23(27)8-10-26(11-9-23)20(28)18-12-16(4)24-19-15(3)6-5-7-17(18)19/h5-7,12,14H,8-11,13H2,1-4H3,(H,25,29,30). The van der Waals surface area contributed by atoms with Crippen molar-refractivity contribution in [2.24, 2.45) is 5.92 Å². The van der Waals surface area contributed by atoms with E-state index < -0.39 is 5.54 Å². The van der Waals surface area contributed by atoms with E-state index in [0.717, 1.165) is 22.2 Å². The number of benzene rings is 1. The normalized spacial score (nSPS) is 18.6. The smallest absolute Gasteiger partial charge is 0.325 e. The summed E-state index contributed by atoms with van der Waals surface area (Å²) in [5.74, 6) is -0.0280. The lowest BCUT2D eigenvalue weighted by molar-refractivity contribution is -0.129. The molecule has 0 saturated carbocycles. The molecule has 1 spiro atoms. The molecule has 1 aromatic carbocycles. The summed E-state index contributed by atoms with van der Waals surface area (Å²) in [4.78, 5) is 46.5. The third kappa shape index (κ3) is 3.22. The van der Waals surface area contributed by atoms with E-state index in [1.54, 1.807) is 9.80 Å². The van der Waals surface area contributed by atoms with Crippen LogP contribution in [0.1, 0.15) is 48.3 Å². The van der Waals surface area contributed by atoms with Gasteiger partial charge in [-0.05, 0) is 44.2 Å². The number of fused-ring (bicyclic) bond motifs is 1. The van der Waals surface area contributed by atoms with Crippen molar-refractivity contribution in [1.82, 2.24) is 20.1 Å². The molecule has 0 unspecified atom stereocenters. The summed E-state index contributed by atoms with van der Waals surface area (Å²) in [5, 5.41) is 3.33. The third-order valence-corrected chi connectivity index (χ3v) is 6.23. The minimum atomic E-state index is -0.842. The maximum atomic E-state index is 13.4. The Morgan fingerprint density at radius 2 is 1.90 bits per heavy atom. The van der Waals surface area contributed by atoms with Crippen LogP contribution in [0.25, 0.3) is 10.9 Å². The van der Waals surface area contributed by atoms with Crippen LogP contribution < -0.4 is 5.32 Å². The molecule has 2 saturated heterocycles. The first kappa shape index (κ1) is 20.3. The summed E-state index contributed by atoms with van der Waals surface area (Å²) in [6, 6.07) is 7.38. The molecule has 2 fully saturated rings. The number of carbonyl (C=O) groups is 3. The van der Waals surface area contributed by atoms with E-state index in [1.165, 1.54) is 0 Å². The number of aryl methyl sites for hydroxylation is 2. The number of likely N-dealkylation sites (tertiary alicyclic amines) is 1. The highest BCUT2D eigenvalue weighted by molar-refractivity contribution is 6.08. The number of aromatic nitrogens is 1. The van der Waals surface area contributed by atoms with Crippen molar-refractivity contribution in [2.75, 3.05) is 19.6 Å². The lowest BCUT2D eigenvalue weighted by atomic mass is 9.85. The largest absolute Gasteiger partial charge is 0.338 e. The van der Waals surface area contributed by atoms with Gasteiger partial charge < -0.3 is 9.80 Å². The molecule has 0 bridgehead atoms. The quantitative estimate of drug-likeness (QED) is 0.792. The highest BCUT2D eigenvalue weighted by atomic mass is 16.2. The number of rotatable bonds is 3. The van der Waals surface area contributed by atoms with Crippen molar-refractivity contribution >= 4 is 28.7 Å². The molecule has 1 aromatic heterocycles. The van der Waals surface area contributed by atoms with Crippen molar-refractivity contribution in [1.29, 1.82) is 0 Å². The number of carbonyl (C=O) groups excluding carboxylic acids is 3. The molecule has 0 radical (unpaired) electrons. The second-order valence-corrected chi connectivity index (χ2v) is 8.87. The van der Waals surface area contributed by atoms with Gasteiger partial charge in [-0.25, -0.2) is 4.79 Å². The number of nitrogens with zero attached hydrogens (tertiary/aromatic N) is 3. The van der Waals surface area contributed by atoms with Gasteiger partial charge in [0.1, 0.15) is 5.54 Å². The molecule has 2 aliphatic heterocycles. The van der Waals surface area contributed by atoms with Crippen LogP contribution in [0, 0.1) is 19.8 Å². The van der Waals surface area contributed by atoms with Gasteiger partial charge in [-0.2, -0.15) is 0 Å². The fourth-order valence-electron chi connectivity index (χ4n) is 4.66. The van der Waals surface area contributed by atoms with E-state index in [1.807, 2.05) is 52.0 Å². The summed E-state index contributed by atoms with van der Waals surface area (Å²) in [6.07, 6.45) is 0.897. The lowest BCUT2D eigenvalue weighted by Gasteiger charge is -2.42. The van der Waals surface area contributed by atoms with Gasteiger partial charge in [-0.1, -0.05) is 32.0 Å². The first-order chi connectivity index (χ1) is 14.2. The molecule has 0 aliphatic carbocycles. The van der Waals surface area contributed by atoms with Gasteiger partial charge in [-0.15, -0.1) is 0 Å². The Labute approximate surface area is 176 Å². The zero-order valence-electron chi connectivity index (χ0n) is 18.0. The van der Waals surface area contributed by atoms with Gasteiger partial charge in [0.25, 0.3) is 11.8 Å². The molecule has 30 heavy (non-hydrogen) atoms. The Morgan fingerprint density at radius 3 is 2.57 bits per heavy atom. The number of imide groups is 1. The number of hydrogen-bond donors (Lipinski definition) is 1. The first-order valence-electron chi connectivity index (χ1n) is 10.5. The Kier molecular flexibility index (Phi) is 5.00. The monoisotopic (exact) mass is 408 g/mol. The van der Waals surface area contributed by atoms with Crippen LogP contribution in [0.5, 0.6) is 0 Å². The molecule has 2 aliphatic rings. The topological polar surface area (TPSA) is 82.6 Å². The molecule has 7 heteroatoms. The molecule has 1 N–H and O–H groups in total. The molecule has 0 atom stereocenters. The summed E-state index contributed by atoms with van der Waals surface area (Å²) < 4.78 is 0. The number of urea groups is 1. The Balaban J connectivity index is 1.60. The molecule has 4 amide bonds. The highest BCUT2D eigenvalue weighted by Crippen LogP contribution is 2.35. The second kappa shape index (κ2) is 7.38. The molecule has 158 valence electrons. The molecular formula is C23H28N4O3. The van der Waals surface area contributed by atoms with Crippen molar-refractivity contribution in [3.05, 3.63) is 41.1 Å². The van der Waals surface area contributed by atoms with Crippen LogP contribution in [0.2, 0.25) is 0 Å². The van der Waals surface area contributed by atoms with E-state index in [-0.39, 0.29) is 23.8 Å². The Morgan fingerprint density at radius 1 is 1.20 bits per heavy atom. The first-order valence-corrected chi connectivity index (χ1v) is 10.5. The highest BCUT2D eigenvalue weighted by Gasteiger charge is 2.54. The van der Waals surface area contributed by atoms with E-state index in [9.17, 15) is 14.4 Å². The summed E-state index contributed by atoms with van der Waals surface area (Å²) in [6.45, 7) is 9.34. The average Bonchev–Trinajstić information content (AvgIpc) is 2.92. The molecule has 3 heterocycles. The number of amides is 4. The summed E-state index contributed by atoms with van der Waals surface area (Å²) >= 11 is 0. The SMILES string of the molecule is Cc1cc(C(=O)N2CCC3(CC2)C(=O)NC(=O)N3CC(C)C)c2cccc(C)c2n1. The molecule has 7 nitrogen and oxygen atoms in total. The van der Waals surface area contributed by atoms with Gasteiger partial charge in [0.15, 0.2) is 0 Å². The predicted octanol–water partition coefficient (Wildman–Crippen LogP) is 3.03. The van der Waals surface area contributed by atoms with Gasteiger partial charge in [0.05, 0.1) is 11.1 Å². The molecule has 4 rings (SSSR count). The number of para-hydroxylation sites is 1. The van der Waals surface area contributed by atoms with Crippen molar-refractivity contribution < 1.29 is 14.4 Å². The van der Waals surface area contributed by atoms with E-state index in [4.69, 9.17) is 0 Å². The number of hydrogen-bond acceptors (Lipinski definition) is 4. The third-order valence-electron chi connectivity index (χ3n) is 6.23. The molecular weight excluding hydrogens is 380 g/mol. The predicted molar refractivity (Wildman–Crippen MR) is 114 cm³/mol. The fourth-order valence-corrected chi connectivity index (χ4v) is 4.66. The minimum absolute atomic E-state index is 0.0499. The van der Waals surface area contributed by atoms with Crippen LogP contribution in [0.4, 0.5) is 4.79 Å². The zero-order valence-corrected chi connectivity index (χ0v) is 18.0. The van der Waals surface area contributed by atoms with Crippen molar-refractivity contribution in [3.8, 4) is 0 Å². The van der Waals surface area contributed by atoms with Gasteiger partial charge in [-0.3, -0.25) is 19.9 Å². The van der Waals surface area contributed by atoms with E-state index in [2.05, 4.69) is 10.3 Å². The summed E-state index contributed by atoms with van der Waals surface area (Å²) in [7, 11) is 0. The average molecular weight is 409 g/mol. The maximum absolute atomic E-state index is 13.4. The second-order valence-electron chi connectivity index (χ2n) is 8.87. The Hall–Kier alpha value is -2.96. The van der Waals surface area contributed by atoms with Gasteiger partial charge in [0.2, 0.25) is 0 Å². The van der Waals surface area contributed by atoms with Crippen LogP contribution in [0.15, 0.2) is 24.3 Å². The van der Waals surface area contributed by atoms with E-state index in [0.29, 0.717) is 38.0 Å². The van der Waals surface area contributed by atoms with Crippen LogP contribution in [-0.4, -0.2) is 57.8 Å². The van der Waals surface area contributed by atoms with Crippen molar-refractivity contribution in [3.63, 3.8) is 0 Å². The summed E-state index contributed by atoms with van der Waals surface area (Å²) in [5.41, 5.74) is 2.48. The Bertz CT molecular complexity index is 1040. The van der Waals surface area contributed by atoms with Crippen molar-refractivity contribution in [2.45, 2.75) is 46.1 Å². The number of piperidine rings is 1. The van der Waals surface area contributed by atoms with E-state index >= 15 is 0 Å². The fraction of sp³-hybridized carbons (Fsp3) is 0.478. The number of pyridine rings is 1. The maximum Gasteiger partial charge on any atom is 0.325 e. The zero-order chi connectivity index (χ0) is 21.6. The van der Waals surface area contributed by atoms with Gasteiger partial charge in [0, 0.05) is 30.7 Å². The number of nitrogens with one attached hydrogen (secondary N) is 1. The van der Waals surface area contributed by atoms with Gasteiger partial charge >= 0.3 is 6.03 Å². The lowest BCUT2D eigenvalue weighted by Crippen LogP contribution is -2.58.